The second-order valence-electron chi connectivity index (χ2n) is 4.23. The predicted molar refractivity (Wildman–Crippen MR) is 64.2 cm³/mol. The quantitative estimate of drug-likeness (QED) is 0.513. The molecular formula is C9H13FN4O4S. The van der Waals surface area contributed by atoms with Gasteiger partial charge in [0.1, 0.15) is 6.17 Å². The van der Waals surface area contributed by atoms with Gasteiger partial charge in [0, 0.05) is 25.3 Å². The van der Waals surface area contributed by atoms with Crippen LogP contribution in [0.3, 0.4) is 0 Å². The van der Waals surface area contributed by atoms with E-state index in [4.69, 9.17) is 0 Å². The lowest BCUT2D eigenvalue weighted by molar-refractivity contribution is 0.355. The monoisotopic (exact) mass is 292 g/mol. The van der Waals surface area contributed by atoms with Crippen LogP contribution in [-0.4, -0.2) is 43.7 Å². The number of alkyl halides is 1. The van der Waals surface area contributed by atoms with E-state index in [1.807, 2.05) is 4.98 Å². The number of hydrogen-bond donors (Lipinski definition) is 4. The van der Waals surface area contributed by atoms with E-state index in [0.717, 1.165) is 6.20 Å². The number of sulfonamides is 1. The molecule has 10 heteroatoms. The van der Waals surface area contributed by atoms with Gasteiger partial charge in [0.25, 0.3) is 5.56 Å². The van der Waals surface area contributed by atoms with Crippen LogP contribution in [-0.2, 0) is 10.0 Å². The third kappa shape index (κ3) is 3.28. The van der Waals surface area contributed by atoms with Crippen LogP contribution in [0.2, 0.25) is 0 Å². The average molecular weight is 292 g/mol. The van der Waals surface area contributed by atoms with E-state index in [1.165, 1.54) is 0 Å². The molecule has 0 radical (unpaired) electrons. The van der Waals surface area contributed by atoms with Crippen LogP contribution in [0.5, 0.6) is 0 Å². The van der Waals surface area contributed by atoms with Crippen LogP contribution >= 0.6 is 0 Å². The van der Waals surface area contributed by atoms with Gasteiger partial charge in [0.15, 0.2) is 4.90 Å². The average Bonchev–Trinajstić information content (AvgIpc) is 2.72. The highest BCUT2D eigenvalue weighted by molar-refractivity contribution is 7.89. The Balaban J connectivity index is 2.10. The van der Waals surface area contributed by atoms with Gasteiger partial charge >= 0.3 is 5.69 Å². The molecule has 2 atom stereocenters. The minimum atomic E-state index is -4.04. The van der Waals surface area contributed by atoms with E-state index in [2.05, 4.69) is 15.0 Å². The topological polar surface area (TPSA) is 124 Å². The Hall–Kier alpha value is -1.52. The number of aromatic amines is 2. The number of H-pyrrole nitrogens is 2. The Kier molecular flexibility index (Phi) is 3.83. The first kappa shape index (κ1) is 13.9. The molecule has 0 aromatic carbocycles. The fourth-order valence-electron chi connectivity index (χ4n) is 1.81. The SMILES string of the molecule is O=c1[nH]cc(S(=O)(=O)NC[C@@H]2C[C@H](F)CN2)c(=O)[nH]1. The molecule has 1 saturated heterocycles. The normalized spacial score (nSPS) is 23.6. The Labute approximate surface area is 107 Å². The third-order valence-corrected chi connectivity index (χ3v) is 4.19. The van der Waals surface area contributed by atoms with E-state index in [0.29, 0.717) is 0 Å². The van der Waals surface area contributed by atoms with Gasteiger partial charge in [0.05, 0.1) is 0 Å². The molecule has 0 aliphatic carbocycles. The van der Waals surface area contributed by atoms with Crippen molar-refractivity contribution in [2.75, 3.05) is 13.1 Å². The highest BCUT2D eigenvalue weighted by atomic mass is 32.2. The lowest BCUT2D eigenvalue weighted by atomic mass is 10.2. The third-order valence-electron chi connectivity index (χ3n) is 2.76. The summed E-state index contributed by atoms with van der Waals surface area (Å²) in [7, 11) is -4.04. The van der Waals surface area contributed by atoms with Gasteiger partial charge in [0.2, 0.25) is 10.0 Å². The number of aromatic nitrogens is 2. The molecule has 19 heavy (non-hydrogen) atoms. The number of halogens is 1. The van der Waals surface area contributed by atoms with Crippen molar-refractivity contribution in [3.05, 3.63) is 27.0 Å². The van der Waals surface area contributed by atoms with Gasteiger partial charge in [-0.1, -0.05) is 0 Å². The summed E-state index contributed by atoms with van der Waals surface area (Å²) >= 11 is 0. The zero-order valence-electron chi connectivity index (χ0n) is 9.77. The minimum absolute atomic E-state index is 0.0265. The molecule has 0 bridgehead atoms. The molecule has 2 heterocycles. The van der Waals surface area contributed by atoms with E-state index < -0.39 is 32.3 Å². The van der Waals surface area contributed by atoms with Crippen molar-refractivity contribution in [1.82, 2.24) is 20.0 Å². The number of rotatable bonds is 4. The molecule has 2 rings (SSSR count). The molecule has 1 aliphatic rings. The highest BCUT2D eigenvalue weighted by Crippen LogP contribution is 2.09. The summed E-state index contributed by atoms with van der Waals surface area (Å²) in [6.07, 6.45) is 0.0413. The standard InChI is InChI=1S/C9H13FN4O4S/c10-5-1-6(11-2-5)3-13-19(17,18)7-4-12-9(16)14-8(7)15/h4-6,11,13H,1-3H2,(H2,12,14,15,16)/t5-,6-/m0/s1. The molecule has 1 aromatic rings. The Bertz CT molecular complexity index is 667. The first-order valence-electron chi connectivity index (χ1n) is 5.57. The highest BCUT2D eigenvalue weighted by Gasteiger charge is 2.26. The van der Waals surface area contributed by atoms with Crippen LogP contribution in [0.1, 0.15) is 6.42 Å². The maximum Gasteiger partial charge on any atom is 0.325 e. The van der Waals surface area contributed by atoms with Gasteiger partial charge in [-0.05, 0) is 6.42 Å². The van der Waals surface area contributed by atoms with Crippen molar-refractivity contribution in [3.63, 3.8) is 0 Å². The van der Waals surface area contributed by atoms with Crippen LogP contribution in [0.15, 0.2) is 20.7 Å². The molecule has 106 valence electrons. The van der Waals surface area contributed by atoms with Crippen molar-refractivity contribution in [3.8, 4) is 0 Å². The fourth-order valence-corrected chi connectivity index (χ4v) is 2.90. The predicted octanol–water partition coefficient (Wildman–Crippen LogP) is -1.96. The Morgan fingerprint density at radius 3 is 2.74 bits per heavy atom. The maximum absolute atomic E-state index is 12.9. The maximum atomic E-state index is 12.9. The van der Waals surface area contributed by atoms with Crippen LogP contribution < -0.4 is 21.3 Å². The molecule has 4 N–H and O–H groups in total. The Morgan fingerprint density at radius 1 is 1.42 bits per heavy atom. The summed E-state index contributed by atoms with van der Waals surface area (Å²) in [5.41, 5.74) is -1.79. The molecule has 0 spiro atoms. The zero-order valence-corrected chi connectivity index (χ0v) is 10.6. The second-order valence-corrected chi connectivity index (χ2v) is 5.96. The van der Waals surface area contributed by atoms with Crippen molar-refractivity contribution < 1.29 is 12.8 Å². The largest absolute Gasteiger partial charge is 0.325 e. The lowest BCUT2D eigenvalue weighted by Crippen LogP contribution is -2.39. The summed E-state index contributed by atoms with van der Waals surface area (Å²) in [4.78, 5) is 25.5. The number of hydrogen-bond acceptors (Lipinski definition) is 5. The van der Waals surface area contributed by atoms with Crippen LogP contribution in [0, 0.1) is 0 Å². The van der Waals surface area contributed by atoms with Crippen molar-refractivity contribution in [1.29, 1.82) is 0 Å². The minimum Gasteiger partial charge on any atom is -0.313 e. The summed E-state index contributed by atoms with van der Waals surface area (Å²) < 4.78 is 38.7. The van der Waals surface area contributed by atoms with E-state index in [9.17, 15) is 22.4 Å². The van der Waals surface area contributed by atoms with Gasteiger partial charge in [-0.2, -0.15) is 0 Å². The van der Waals surface area contributed by atoms with Gasteiger partial charge in [-0.3, -0.25) is 9.78 Å². The molecule has 1 aromatic heterocycles. The first-order valence-corrected chi connectivity index (χ1v) is 7.06. The summed E-state index contributed by atoms with van der Waals surface area (Å²) in [6.45, 7) is 0.160. The molecule has 0 unspecified atom stereocenters. The molecule has 0 amide bonds. The van der Waals surface area contributed by atoms with E-state index >= 15 is 0 Å². The Morgan fingerprint density at radius 2 is 2.16 bits per heavy atom. The molecular weight excluding hydrogens is 279 g/mol. The van der Waals surface area contributed by atoms with E-state index in [-0.39, 0.29) is 25.6 Å². The molecule has 0 saturated carbocycles. The molecule has 1 fully saturated rings. The smallest absolute Gasteiger partial charge is 0.313 e. The zero-order chi connectivity index (χ0) is 14.0. The van der Waals surface area contributed by atoms with Crippen molar-refractivity contribution >= 4 is 10.0 Å². The van der Waals surface area contributed by atoms with Gasteiger partial charge in [-0.25, -0.2) is 22.3 Å². The molecule has 1 aliphatic heterocycles. The van der Waals surface area contributed by atoms with Gasteiger partial charge < -0.3 is 10.3 Å². The van der Waals surface area contributed by atoms with Crippen molar-refractivity contribution in [2.45, 2.75) is 23.5 Å². The van der Waals surface area contributed by atoms with E-state index in [1.54, 1.807) is 0 Å². The molecule has 8 nitrogen and oxygen atoms in total. The van der Waals surface area contributed by atoms with Crippen molar-refractivity contribution in [2.24, 2.45) is 0 Å². The number of nitrogens with one attached hydrogen (secondary N) is 4. The van der Waals surface area contributed by atoms with Crippen LogP contribution in [0.4, 0.5) is 4.39 Å². The van der Waals surface area contributed by atoms with Crippen LogP contribution in [0.25, 0.3) is 0 Å². The van der Waals surface area contributed by atoms with Gasteiger partial charge in [-0.15, -0.1) is 0 Å². The second kappa shape index (κ2) is 5.23. The fraction of sp³-hybridized carbons (Fsp3) is 0.556. The summed E-state index contributed by atoms with van der Waals surface area (Å²) in [5, 5.41) is 2.81. The summed E-state index contributed by atoms with van der Waals surface area (Å²) in [6, 6.07) is -0.313. The summed E-state index contributed by atoms with van der Waals surface area (Å²) in [5.74, 6) is 0. The lowest BCUT2D eigenvalue weighted by Gasteiger charge is -2.11. The first-order chi connectivity index (χ1) is 8.88.